The SMILES string of the molecule is COC(=O)c1cccc(N2CCOCC2CO)c1N. The quantitative estimate of drug-likeness (QED) is 0.602. The van der Waals surface area contributed by atoms with Gasteiger partial charge in [-0.1, -0.05) is 6.07 Å². The minimum absolute atomic E-state index is 0.0259. The summed E-state index contributed by atoms with van der Waals surface area (Å²) in [4.78, 5) is 13.6. The van der Waals surface area contributed by atoms with Crippen molar-refractivity contribution in [3.63, 3.8) is 0 Å². The van der Waals surface area contributed by atoms with Crippen molar-refractivity contribution in [3.05, 3.63) is 23.8 Å². The summed E-state index contributed by atoms with van der Waals surface area (Å²) in [5, 5.41) is 9.38. The first-order valence-electron chi connectivity index (χ1n) is 6.11. The third kappa shape index (κ3) is 2.64. The number of carbonyl (C=O) groups excluding carboxylic acids is 1. The molecule has 1 fully saturated rings. The molecule has 1 heterocycles. The fourth-order valence-corrected chi connectivity index (χ4v) is 2.21. The van der Waals surface area contributed by atoms with Crippen LogP contribution in [0.25, 0.3) is 0 Å². The van der Waals surface area contributed by atoms with E-state index in [2.05, 4.69) is 0 Å². The van der Waals surface area contributed by atoms with Crippen molar-refractivity contribution in [2.75, 3.05) is 44.1 Å². The Labute approximate surface area is 111 Å². The summed E-state index contributed by atoms with van der Waals surface area (Å²) in [6.45, 7) is 1.61. The molecule has 3 N–H and O–H groups in total. The van der Waals surface area contributed by atoms with Gasteiger partial charge in [0.15, 0.2) is 0 Å². The van der Waals surface area contributed by atoms with E-state index in [0.29, 0.717) is 31.0 Å². The monoisotopic (exact) mass is 266 g/mol. The average molecular weight is 266 g/mol. The minimum atomic E-state index is -0.465. The van der Waals surface area contributed by atoms with Gasteiger partial charge >= 0.3 is 5.97 Å². The number of nitrogens with zero attached hydrogens (tertiary/aromatic N) is 1. The van der Waals surface area contributed by atoms with E-state index < -0.39 is 5.97 Å². The maximum Gasteiger partial charge on any atom is 0.340 e. The second-order valence-corrected chi connectivity index (χ2v) is 4.33. The Morgan fingerprint density at radius 1 is 1.63 bits per heavy atom. The lowest BCUT2D eigenvalue weighted by molar-refractivity contribution is 0.0602. The maximum atomic E-state index is 11.6. The fraction of sp³-hybridized carbons (Fsp3) is 0.462. The van der Waals surface area contributed by atoms with E-state index >= 15 is 0 Å². The second-order valence-electron chi connectivity index (χ2n) is 4.33. The van der Waals surface area contributed by atoms with Crippen LogP contribution >= 0.6 is 0 Å². The van der Waals surface area contributed by atoms with Gasteiger partial charge in [0, 0.05) is 6.54 Å². The summed E-state index contributed by atoms with van der Waals surface area (Å²) in [5.74, 6) is -0.465. The highest BCUT2D eigenvalue weighted by molar-refractivity contribution is 5.98. The van der Waals surface area contributed by atoms with Gasteiger partial charge in [0.2, 0.25) is 0 Å². The van der Waals surface area contributed by atoms with E-state index in [4.69, 9.17) is 15.2 Å². The zero-order chi connectivity index (χ0) is 13.8. The molecule has 19 heavy (non-hydrogen) atoms. The van der Waals surface area contributed by atoms with Crippen LogP contribution in [0, 0.1) is 0 Å². The van der Waals surface area contributed by atoms with Crippen molar-refractivity contribution < 1.29 is 19.4 Å². The number of morpholine rings is 1. The molecule has 1 aliphatic heterocycles. The van der Waals surface area contributed by atoms with Crippen molar-refractivity contribution in [2.45, 2.75) is 6.04 Å². The Bertz CT molecular complexity index is 464. The van der Waals surface area contributed by atoms with E-state index in [1.165, 1.54) is 7.11 Å². The summed E-state index contributed by atoms with van der Waals surface area (Å²) in [7, 11) is 1.32. The van der Waals surface area contributed by atoms with Crippen LogP contribution in [0.15, 0.2) is 18.2 Å². The lowest BCUT2D eigenvalue weighted by atomic mass is 10.1. The molecule has 0 spiro atoms. The molecule has 1 saturated heterocycles. The number of carbonyl (C=O) groups is 1. The van der Waals surface area contributed by atoms with Gasteiger partial charge in [0.25, 0.3) is 0 Å². The van der Waals surface area contributed by atoms with E-state index in [9.17, 15) is 9.90 Å². The molecule has 6 heteroatoms. The molecular weight excluding hydrogens is 248 g/mol. The number of aliphatic hydroxyl groups is 1. The zero-order valence-corrected chi connectivity index (χ0v) is 10.8. The van der Waals surface area contributed by atoms with Crippen LogP contribution in [-0.4, -0.2) is 50.6 Å². The van der Waals surface area contributed by atoms with Crippen molar-refractivity contribution >= 4 is 17.3 Å². The van der Waals surface area contributed by atoms with Gasteiger partial charge in [-0.05, 0) is 12.1 Å². The molecule has 0 amide bonds. The molecule has 1 aliphatic rings. The van der Waals surface area contributed by atoms with Gasteiger partial charge < -0.3 is 25.2 Å². The number of rotatable bonds is 3. The Hall–Kier alpha value is -1.79. The van der Waals surface area contributed by atoms with Gasteiger partial charge in [0.1, 0.15) is 0 Å². The largest absolute Gasteiger partial charge is 0.465 e. The van der Waals surface area contributed by atoms with E-state index in [0.717, 1.165) is 5.69 Å². The summed E-state index contributed by atoms with van der Waals surface area (Å²) < 4.78 is 10.0. The first-order chi connectivity index (χ1) is 9.19. The molecular formula is C13H18N2O4. The number of anilines is 2. The van der Waals surface area contributed by atoms with Crippen molar-refractivity contribution in [3.8, 4) is 0 Å². The molecule has 0 radical (unpaired) electrons. The standard InChI is InChI=1S/C13H18N2O4/c1-18-13(17)10-3-2-4-11(12(10)14)15-5-6-19-8-9(15)7-16/h2-4,9,16H,5-8,14H2,1H3. The highest BCUT2D eigenvalue weighted by Gasteiger charge is 2.25. The van der Waals surface area contributed by atoms with Crippen LogP contribution in [-0.2, 0) is 9.47 Å². The van der Waals surface area contributed by atoms with Crippen LogP contribution in [0.1, 0.15) is 10.4 Å². The zero-order valence-electron chi connectivity index (χ0n) is 10.8. The molecule has 0 aromatic heterocycles. The third-order valence-corrected chi connectivity index (χ3v) is 3.24. The maximum absolute atomic E-state index is 11.6. The first kappa shape index (κ1) is 13.6. The molecule has 1 atom stereocenters. The van der Waals surface area contributed by atoms with E-state index in [-0.39, 0.29) is 12.6 Å². The molecule has 104 valence electrons. The molecule has 6 nitrogen and oxygen atoms in total. The summed E-state index contributed by atoms with van der Waals surface area (Å²) >= 11 is 0. The van der Waals surface area contributed by atoms with Crippen LogP contribution in [0.3, 0.4) is 0 Å². The lowest BCUT2D eigenvalue weighted by Gasteiger charge is -2.37. The molecule has 1 aromatic rings. The summed E-state index contributed by atoms with van der Waals surface area (Å²) in [6, 6.07) is 5.06. The Balaban J connectivity index is 2.36. The number of aliphatic hydroxyl groups excluding tert-OH is 1. The van der Waals surface area contributed by atoms with Crippen LogP contribution in [0.2, 0.25) is 0 Å². The Morgan fingerprint density at radius 3 is 3.11 bits per heavy atom. The van der Waals surface area contributed by atoms with Gasteiger partial charge in [-0.2, -0.15) is 0 Å². The topological polar surface area (TPSA) is 85.0 Å². The number of hydrogen-bond acceptors (Lipinski definition) is 6. The number of para-hydroxylation sites is 1. The average Bonchev–Trinajstić information content (AvgIpc) is 2.46. The minimum Gasteiger partial charge on any atom is -0.465 e. The van der Waals surface area contributed by atoms with Gasteiger partial charge in [-0.15, -0.1) is 0 Å². The van der Waals surface area contributed by atoms with Gasteiger partial charge in [-0.25, -0.2) is 4.79 Å². The van der Waals surface area contributed by atoms with E-state index in [1.54, 1.807) is 12.1 Å². The number of benzene rings is 1. The molecule has 0 bridgehead atoms. The molecule has 0 aliphatic carbocycles. The molecule has 1 unspecified atom stereocenters. The van der Waals surface area contributed by atoms with Crippen molar-refractivity contribution in [1.82, 2.24) is 0 Å². The lowest BCUT2D eigenvalue weighted by Crippen LogP contribution is -2.48. The molecule has 0 saturated carbocycles. The number of ether oxygens (including phenoxy) is 2. The van der Waals surface area contributed by atoms with Crippen molar-refractivity contribution in [1.29, 1.82) is 0 Å². The van der Waals surface area contributed by atoms with Gasteiger partial charge in [0.05, 0.1) is 49.9 Å². The van der Waals surface area contributed by atoms with Crippen molar-refractivity contribution in [2.24, 2.45) is 0 Å². The summed E-state index contributed by atoms with van der Waals surface area (Å²) in [6.07, 6.45) is 0. The predicted molar refractivity (Wildman–Crippen MR) is 71.2 cm³/mol. The number of hydrogen-bond donors (Lipinski definition) is 2. The van der Waals surface area contributed by atoms with Crippen LogP contribution in [0.4, 0.5) is 11.4 Å². The number of methoxy groups -OCH3 is 1. The number of nitrogens with two attached hydrogens (primary N) is 1. The normalized spacial score (nSPS) is 19.3. The highest BCUT2D eigenvalue weighted by atomic mass is 16.5. The Morgan fingerprint density at radius 2 is 2.42 bits per heavy atom. The number of nitrogen functional groups attached to an aromatic ring is 1. The molecule has 2 rings (SSSR count). The molecule has 1 aromatic carbocycles. The van der Waals surface area contributed by atoms with E-state index in [1.807, 2.05) is 11.0 Å². The predicted octanol–water partition coefficient (Wildman–Crippen LogP) is 0.253. The van der Waals surface area contributed by atoms with Gasteiger partial charge in [-0.3, -0.25) is 0 Å². The number of esters is 1. The van der Waals surface area contributed by atoms with Crippen LogP contribution in [0.5, 0.6) is 0 Å². The second kappa shape index (κ2) is 5.90. The first-order valence-corrected chi connectivity index (χ1v) is 6.11. The smallest absolute Gasteiger partial charge is 0.340 e. The Kier molecular flexibility index (Phi) is 4.24. The van der Waals surface area contributed by atoms with Crippen LogP contribution < -0.4 is 10.6 Å². The fourth-order valence-electron chi connectivity index (χ4n) is 2.21. The third-order valence-electron chi connectivity index (χ3n) is 3.24. The summed E-state index contributed by atoms with van der Waals surface area (Å²) in [5.41, 5.74) is 7.48. The highest BCUT2D eigenvalue weighted by Crippen LogP contribution is 2.29.